The molecule has 84 valence electrons. The van der Waals surface area contributed by atoms with E-state index in [9.17, 15) is 4.79 Å². The lowest BCUT2D eigenvalue weighted by molar-refractivity contribution is -0.118. The van der Waals surface area contributed by atoms with Crippen LogP contribution in [-0.4, -0.2) is 18.5 Å². The summed E-state index contributed by atoms with van der Waals surface area (Å²) < 4.78 is 5.51. The predicted octanol–water partition coefficient (Wildman–Crippen LogP) is 3.34. The zero-order valence-corrected chi connectivity index (χ0v) is 9.84. The summed E-state index contributed by atoms with van der Waals surface area (Å²) in [5.74, 6) is 0.211. The monoisotopic (exact) mass is 200 g/mol. The Morgan fingerprint density at radius 3 is 2.57 bits per heavy atom. The standard InChI is InChI=1S/C12H24O2/c1-4-5-6-7-8-12(3)14-10-9-11(2)13/h12H,4-10H2,1-3H3. The van der Waals surface area contributed by atoms with Gasteiger partial charge in [0.25, 0.3) is 0 Å². The fourth-order valence-electron chi connectivity index (χ4n) is 1.35. The first-order valence-corrected chi connectivity index (χ1v) is 5.77. The Morgan fingerprint density at radius 2 is 2.00 bits per heavy atom. The van der Waals surface area contributed by atoms with Crippen LogP contribution >= 0.6 is 0 Å². The molecule has 1 atom stereocenters. The number of rotatable bonds is 9. The Hall–Kier alpha value is -0.370. The molecule has 2 nitrogen and oxygen atoms in total. The van der Waals surface area contributed by atoms with E-state index in [2.05, 4.69) is 13.8 Å². The minimum Gasteiger partial charge on any atom is -0.378 e. The van der Waals surface area contributed by atoms with Crippen molar-refractivity contribution in [3.63, 3.8) is 0 Å². The Labute approximate surface area is 88.0 Å². The largest absolute Gasteiger partial charge is 0.378 e. The molecule has 0 aromatic heterocycles. The number of Topliss-reactive ketones (excluding diaryl/α,β-unsaturated/α-hetero) is 1. The summed E-state index contributed by atoms with van der Waals surface area (Å²) in [5, 5.41) is 0. The molecule has 1 unspecified atom stereocenters. The van der Waals surface area contributed by atoms with E-state index < -0.39 is 0 Å². The van der Waals surface area contributed by atoms with Gasteiger partial charge in [-0.05, 0) is 20.3 Å². The van der Waals surface area contributed by atoms with E-state index in [-0.39, 0.29) is 5.78 Å². The number of carbonyl (C=O) groups is 1. The molecule has 14 heavy (non-hydrogen) atoms. The molecule has 0 heterocycles. The molecule has 0 aliphatic rings. The molecular formula is C12H24O2. The van der Waals surface area contributed by atoms with Crippen LogP contribution in [0.4, 0.5) is 0 Å². The van der Waals surface area contributed by atoms with E-state index >= 15 is 0 Å². The van der Waals surface area contributed by atoms with Crippen LogP contribution in [0.5, 0.6) is 0 Å². The molecule has 0 rings (SSSR count). The molecule has 0 saturated heterocycles. The van der Waals surface area contributed by atoms with Gasteiger partial charge in [0.2, 0.25) is 0 Å². The number of ketones is 1. The lowest BCUT2D eigenvalue weighted by Crippen LogP contribution is -2.10. The van der Waals surface area contributed by atoms with Crippen LogP contribution < -0.4 is 0 Å². The lowest BCUT2D eigenvalue weighted by atomic mass is 10.1. The van der Waals surface area contributed by atoms with Gasteiger partial charge in [0.05, 0.1) is 12.7 Å². The summed E-state index contributed by atoms with van der Waals surface area (Å²) in [6.07, 6.45) is 7.13. The van der Waals surface area contributed by atoms with Crippen molar-refractivity contribution in [1.29, 1.82) is 0 Å². The van der Waals surface area contributed by atoms with Crippen LogP contribution in [0.15, 0.2) is 0 Å². The molecule has 0 bridgehead atoms. The first-order chi connectivity index (χ1) is 6.66. The topological polar surface area (TPSA) is 26.3 Å². The first-order valence-electron chi connectivity index (χ1n) is 5.77. The summed E-state index contributed by atoms with van der Waals surface area (Å²) in [6.45, 7) is 6.50. The molecular weight excluding hydrogens is 176 g/mol. The van der Waals surface area contributed by atoms with Crippen LogP contribution in [0.3, 0.4) is 0 Å². The predicted molar refractivity (Wildman–Crippen MR) is 59.5 cm³/mol. The van der Waals surface area contributed by atoms with Crippen molar-refractivity contribution in [2.75, 3.05) is 6.61 Å². The van der Waals surface area contributed by atoms with Crippen molar-refractivity contribution in [2.45, 2.75) is 65.4 Å². The minimum absolute atomic E-state index is 0.211. The van der Waals surface area contributed by atoms with Gasteiger partial charge in [-0.15, -0.1) is 0 Å². The van der Waals surface area contributed by atoms with Crippen molar-refractivity contribution in [3.8, 4) is 0 Å². The van der Waals surface area contributed by atoms with Crippen LogP contribution in [0.1, 0.15) is 59.3 Å². The zero-order valence-electron chi connectivity index (χ0n) is 9.84. The third-order valence-electron chi connectivity index (χ3n) is 2.32. The molecule has 0 spiro atoms. The molecule has 0 N–H and O–H groups in total. The number of ether oxygens (including phenoxy) is 1. The quantitative estimate of drug-likeness (QED) is 0.534. The van der Waals surface area contributed by atoms with Gasteiger partial charge in [-0.25, -0.2) is 0 Å². The third-order valence-corrected chi connectivity index (χ3v) is 2.32. The van der Waals surface area contributed by atoms with Gasteiger partial charge in [0.15, 0.2) is 0 Å². The van der Waals surface area contributed by atoms with Gasteiger partial charge < -0.3 is 4.74 Å². The van der Waals surface area contributed by atoms with E-state index in [1.165, 1.54) is 25.7 Å². The number of unbranched alkanes of at least 4 members (excludes halogenated alkanes) is 3. The molecule has 0 saturated carbocycles. The maximum absolute atomic E-state index is 10.6. The highest BCUT2D eigenvalue weighted by molar-refractivity contribution is 5.75. The average Bonchev–Trinajstić information content (AvgIpc) is 2.12. The summed E-state index contributed by atoms with van der Waals surface area (Å²) in [4.78, 5) is 10.6. The Kier molecular flexibility index (Phi) is 8.95. The van der Waals surface area contributed by atoms with Crippen LogP contribution in [-0.2, 0) is 9.53 Å². The Balaban J connectivity index is 3.19. The van der Waals surface area contributed by atoms with E-state index in [0.717, 1.165) is 6.42 Å². The van der Waals surface area contributed by atoms with Gasteiger partial charge >= 0.3 is 0 Å². The van der Waals surface area contributed by atoms with Crippen molar-refractivity contribution in [1.82, 2.24) is 0 Å². The molecule has 0 aromatic rings. The summed E-state index contributed by atoms with van der Waals surface area (Å²) in [5.41, 5.74) is 0. The molecule has 0 amide bonds. The third kappa shape index (κ3) is 9.72. The van der Waals surface area contributed by atoms with Crippen LogP contribution in [0, 0.1) is 0 Å². The van der Waals surface area contributed by atoms with E-state index in [1.54, 1.807) is 6.92 Å². The lowest BCUT2D eigenvalue weighted by Gasteiger charge is -2.11. The second kappa shape index (κ2) is 9.20. The van der Waals surface area contributed by atoms with E-state index in [1.807, 2.05) is 0 Å². The van der Waals surface area contributed by atoms with Crippen molar-refractivity contribution in [3.05, 3.63) is 0 Å². The number of hydrogen-bond acceptors (Lipinski definition) is 2. The fraction of sp³-hybridized carbons (Fsp3) is 0.917. The van der Waals surface area contributed by atoms with Gasteiger partial charge in [0, 0.05) is 6.42 Å². The molecule has 0 aromatic carbocycles. The van der Waals surface area contributed by atoms with Crippen LogP contribution in [0.2, 0.25) is 0 Å². The first kappa shape index (κ1) is 13.6. The molecule has 0 fully saturated rings. The number of carbonyl (C=O) groups excluding carboxylic acids is 1. The zero-order chi connectivity index (χ0) is 10.8. The van der Waals surface area contributed by atoms with Crippen molar-refractivity contribution in [2.24, 2.45) is 0 Å². The minimum atomic E-state index is 0.211. The molecule has 0 aliphatic carbocycles. The van der Waals surface area contributed by atoms with E-state index in [0.29, 0.717) is 19.1 Å². The van der Waals surface area contributed by atoms with Gasteiger partial charge in [-0.1, -0.05) is 32.6 Å². The summed E-state index contributed by atoms with van der Waals surface area (Å²) in [6, 6.07) is 0. The summed E-state index contributed by atoms with van der Waals surface area (Å²) >= 11 is 0. The van der Waals surface area contributed by atoms with Crippen molar-refractivity contribution < 1.29 is 9.53 Å². The van der Waals surface area contributed by atoms with Crippen molar-refractivity contribution >= 4 is 5.78 Å². The molecule has 0 radical (unpaired) electrons. The van der Waals surface area contributed by atoms with Gasteiger partial charge in [-0.2, -0.15) is 0 Å². The summed E-state index contributed by atoms with van der Waals surface area (Å²) in [7, 11) is 0. The SMILES string of the molecule is CCCCCCC(C)OCCC(C)=O. The second-order valence-corrected chi connectivity index (χ2v) is 3.98. The highest BCUT2D eigenvalue weighted by atomic mass is 16.5. The van der Waals surface area contributed by atoms with E-state index in [4.69, 9.17) is 4.74 Å². The maximum atomic E-state index is 10.6. The van der Waals surface area contributed by atoms with Gasteiger partial charge in [0.1, 0.15) is 5.78 Å². The normalized spacial score (nSPS) is 12.8. The molecule has 2 heteroatoms. The highest BCUT2D eigenvalue weighted by Gasteiger charge is 2.02. The smallest absolute Gasteiger partial charge is 0.132 e. The Bertz CT molecular complexity index is 143. The van der Waals surface area contributed by atoms with Gasteiger partial charge in [-0.3, -0.25) is 4.79 Å². The molecule has 0 aliphatic heterocycles. The maximum Gasteiger partial charge on any atom is 0.132 e. The second-order valence-electron chi connectivity index (χ2n) is 3.98. The number of hydrogen-bond donors (Lipinski definition) is 0. The Morgan fingerprint density at radius 1 is 1.29 bits per heavy atom. The van der Waals surface area contributed by atoms with Crippen LogP contribution in [0.25, 0.3) is 0 Å². The average molecular weight is 200 g/mol. The highest BCUT2D eigenvalue weighted by Crippen LogP contribution is 2.07. The fourth-order valence-corrected chi connectivity index (χ4v) is 1.35.